The van der Waals surface area contributed by atoms with Crippen LogP contribution in [0.2, 0.25) is 0 Å². The number of hydrogen-bond donors (Lipinski definition) is 1. The van der Waals surface area contributed by atoms with E-state index in [1.54, 1.807) is 12.1 Å². The van der Waals surface area contributed by atoms with E-state index in [1.807, 2.05) is 6.07 Å². The monoisotopic (exact) mass is 251 g/mol. The molecule has 0 saturated heterocycles. The molecule has 2 rings (SSSR count). The average molecular weight is 251 g/mol. The van der Waals surface area contributed by atoms with Gasteiger partial charge in [0.2, 0.25) is 0 Å². The van der Waals surface area contributed by atoms with E-state index in [9.17, 15) is 4.39 Å². The van der Waals surface area contributed by atoms with Crippen molar-refractivity contribution in [3.05, 3.63) is 35.1 Å². The van der Waals surface area contributed by atoms with Gasteiger partial charge in [-0.3, -0.25) is 0 Å². The Morgan fingerprint density at radius 2 is 1.89 bits per heavy atom. The maximum atomic E-state index is 13.9. The van der Waals surface area contributed by atoms with Crippen LogP contribution in [0, 0.1) is 11.7 Å². The summed E-state index contributed by atoms with van der Waals surface area (Å²) in [4.78, 5) is 0. The second kappa shape index (κ2) is 6.30. The molecule has 0 aliphatic heterocycles. The molecule has 2 N–H and O–H groups in total. The van der Waals surface area contributed by atoms with Crippen molar-refractivity contribution in [2.24, 2.45) is 11.7 Å². The summed E-state index contributed by atoms with van der Waals surface area (Å²) in [6, 6.07) is 5.34. The van der Waals surface area contributed by atoms with E-state index in [-0.39, 0.29) is 12.4 Å². The molecule has 0 radical (unpaired) electrons. The van der Waals surface area contributed by atoms with E-state index in [0.29, 0.717) is 23.8 Å². The van der Waals surface area contributed by atoms with Crippen LogP contribution in [0.4, 0.5) is 4.39 Å². The molecular weight excluding hydrogens is 229 g/mol. The molecule has 1 fully saturated rings. The van der Waals surface area contributed by atoms with Gasteiger partial charge in [0, 0.05) is 17.7 Å². The van der Waals surface area contributed by atoms with Crippen molar-refractivity contribution in [1.82, 2.24) is 0 Å². The summed E-state index contributed by atoms with van der Waals surface area (Å²) in [7, 11) is 0. The first-order valence-electron chi connectivity index (χ1n) is 6.78. The maximum absolute atomic E-state index is 13.9. The van der Waals surface area contributed by atoms with E-state index in [2.05, 4.69) is 6.92 Å². The molecule has 0 bridgehead atoms. The molecule has 1 aliphatic rings. The molecule has 3 heteroatoms. The minimum absolute atomic E-state index is 0.204. The summed E-state index contributed by atoms with van der Waals surface area (Å²) in [5.41, 5.74) is 6.68. The fraction of sp³-hybridized carbons (Fsp3) is 0.600. The lowest BCUT2D eigenvalue weighted by molar-refractivity contribution is 0.00754. The SMILES string of the molecule is CC1CCC(OCc2cccc(CN)c2F)CC1. The van der Waals surface area contributed by atoms with Gasteiger partial charge in [-0.1, -0.05) is 25.1 Å². The zero-order valence-corrected chi connectivity index (χ0v) is 11.0. The molecule has 0 aromatic heterocycles. The Kier molecular flexibility index (Phi) is 4.72. The van der Waals surface area contributed by atoms with Gasteiger partial charge in [0.05, 0.1) is 12.7 Å². The van der Waals surface area contributed by atoms with Crippen LogP contribution in [0.1, 0.15) is 43.7 Å². The van der Waals surface area contributed by atoms with Crippen LogP contribution in [0.3, 0.4) is 0 Å². The summed E-state index contributed by atoms with van der Waals surface area (Å²) in [5, 5.41) is 0. The molecule has 1 aromatic carbocycles. The third-order valence-electron chi connectivity index (χ3n) is 3.82. The highest BCUT2D eigenvalue weighted by atomic mass is 19.1. The van der Waals surface area contributed by atoms with Gasteiger partial charge < -0.3 is 10.5 Å². The standard InChI is InChI=1S/C15H22FNO/c1-11-5-7-14(8-6-11)18-10-13-4-2-3-12(9-17)15(13)16/h2-4,11,14H,5-10,17H2,1H3. The summed E-state index contributed by atoms with van der Waals surface area (Å²) < 4.78 is 19.7. The molecular formula is C15H22FNO. The minimum atomic E-state index is -0.204. The van der Waals surface area contributed by atoms with E-state index in [0.717, 1.165) is 18.8 Å². The number of rotatable bonds is 4. The summed E-state index contributed by atoms with van der Waals surface area (Å²) in [5.74, 6) is 0.603. The first kappa shape index (κ1) is 13.5. The highest BCUT2D eigenvalue weighted by molar-refractivity contribution is 5.25. The fourth-order valence-electron chi connectivity index (χ4n) is 2.51. The molecule has 1 aliphatic carbocycles. The van der Waals surface area contributed by atoms with Crippen LogP contribution in [0.25, 0.3) is 0 Å². The van der Waals surface area contributed by atoms with Crippen molar-refractivity contribution >= 4 is 0 Å². The van der Waals surface area contributed by atoms with Crippen LogP contribution in [0.15, 0.2) is 18.2 Å². The van der Waals surface area contributed by atoms with Gasteiger partial charge in [-0.05, 0) is 31.6 Å². The first-order valence-corrected chi connectivity index (χ1v) is 6.78. The van der Waals surface area contributed by atoms with Gasteiger partial charge in [-0.2, -0.15) is 0 Å². The van der Waals surface area contributed by atoms with Crippen molar-refractivity contribution in [2.45, 2.75) is 51.9 Å². The Labute approximate surface area is 108 Å². The normalized spacial score (nSPS) is 24.2. The Morgan fingerprint density at radius 1 is 1.22 bits per heavy atom. The third-order valence-corrected chi connectivity index (χ3v) is 3.82. The predicted octanol–water partition coefficient (Wildman–Crippen LogP) is 3.38. The first-order chi connectivity index (χ1) is 8.70. The molecule has 0 atom stereocenters. The lowest BCUT2D eigenvalue weighted by Crippen LogP contribution is -2.20. The summed E-state index contributed by atoms with van der Waals surface area (Å²) >= 11 is 0. The number of hydrogen-bond acceptors (Lipinski definition) is 2. The fourth-order valence-corrected chi connectivity index (χ4v) is 2.51. The molecule has 100 valence electrons. The van der Waals surface area contributed by atoms with E-state index < -0.39 is 0 Å². The number of nitrogens with two attached hydrogens (primary N) is 1. The van der Waals surface area contributed by atoms with Gasteiger partial charge in [0.1, 0.15) is 5.82 Å². The molecule has 2 nitrogen and oxygen atoms in total. The molecule has 0 amide bonds. The largest absolute Gasteiger partial charge is 0.373 e. The molecule has 1 aromatic rings. The lowest BCUT2D eigenvalue weighted by atomic mass is 9.89. The zero-order valence-electron chi connectivity index (χ0n) is 11.0. The van der Waals surface area contributed by atoms with Crippen molar-refractivity contribution in [3.63, 3.8) is 0 Å². The van der Waals surface area contributed by atoms with Crippen LogP contribution < -0.4 is 5.73 Å². The van der Waals surface area contributed by atoms with Gasteiger partial charge in [0.25, 0.3) is 0 Å². The van der Waals surface area contributed by atoms with E-state index in [4.69, 9.17) is 10.5 Å². The maximum Gasteiger partial charge on any atom is 0.133 e. The lowest BCUT2D eigenvalue weighted by Gasteiger charge is -2.26. The van der Waals surface area contributed by atoms with Crippen molar-refractivity contribution in [1.29, 1.82) is 0 Å². The smallest absolute Gasteiger partial charge is 0.133 e. The number of ether oxygens (including phenoxy) is 1. The van der Waals surface area contributed by atoms with E-state index in [1.165, 1.54) is 12.8 Å². The number of halogens is 1. The van der Waals surface area contributed by atoms with Crippen molar-refractivity contribution in [2.75, 3.05) is 0 Å². The van der Waals surface area contributed by atoms with Gasteiger partial charge in [0.15, 0.2) is 0 Å². The summed E-state index contributed by atoms with van der Waals surface area (Å²) in [6.45, 7) is 2.87. The topological polar surface area (TPSA) is 35.2 Å². The molecule has 0 spiro atoms. The Morgan fingerprint density at radius 3 is 2.56 bits per heavy atom. The number of benzene rings is 1. The molecule has 0 unspecified atom stereocenters. The second-order valence-electron chi connectivity index (χ2n) is 5.29. The van der Waals surface area contributed by atoms with Crippen molar-refractivity contribution in [3.8, 4) is 0 Å². The average Bonchev–Trinajstić information content (AvgIpc) is 2.39. The van der Waals surface area contributed by atoms with Crippen LogP contribution in [-0.4, -0.2) is 6.10 Å². The Hall–Kier alpha value is -0.930. The summed E-state index contributed by atoms with van der Waals surface area (Å²) in [6.07, 6.45) is 4.92. The van der Waals surface area contributed by atoms with Crippen LogP contribution >= 0.6 is 0 Å². The van der Waals surface area contributed by atoms with Crippen LogP contribution in [-0.2, 0) is 17.9 Å². The zero-order chi connectivity index (χ0) is 13.0. The second-order valence-corrected chi connectivity index (χ2v) is 5.29. The highest BCUT2D eigenvalue weighted by Gasteiger charge is 2.19. The van der Waals surface area contributed by atoms with Gasteiger partial charge in [-0.25, -0.2) is 4.39 Å². The minimum Gasteiger partial charge on any atom is -0.373 e. The predicted molar refractivity (Wildman–Crippen MR) is 70.5 cm³/mol. The Balaban J connectivity index is 1.90. The van der Waals surface area contributed by atoms with Gasteiger partial charge in [-0.15, -0.1) is 0 Å². The Bertz CT molecular complexity index is 386. The van der Waals surface area contributed by atoms with Crippen molar-refractivity contribution < 1.29 is 9.13 Å². The van der Waals surface area contributed by atoms with Crippen LogP contribution in [0.5, 0.6) is 0 Å². The molecule has 1 saturated carbocycles. The van der Waals surface area contributed by atoms with Gasteiger partial charge >= 0.3 is 0 Å². The molecule has 0 heterocycles. The quantitative estimate of drug-likeness (QED) is 0.890. The third kappa shape index (κ3) is 3.30. The van der Waals surface area contributed by atoms with E-state index >= 15 is 0 Å². The molecule has 18 heavy (non-hydrogen) atoms. The highest BCUT2D eigenvalue weighted by Crippen LogP contribution is 2.26.